The SMILES string of the molecule is CCCCOc1ccc(C(=O)Nc2ccc3oc(C(N)=S)cc(=O)c3c2)cc1. The summed E-state index contributed by atoms with van der Waals surface area (Å²) in [5.74, 6) is 0.594. The molecule has 3 aromatic rings. The summed E-state index contributed by atoms with van der Waals surface area (Å²) in [7, 11) is 0. The first kappa shape index (κ1) is 19.6. The molecule has 1 amide bonds. The average molecular weight is 396 g/mol. The van der Waals surface area contributed by atoms with Crippen molar-refractivity contribution in [2.75, 3.05) is 11.9 Å². The van der Waals surface area contributed by atoms with Gasteiger partial charge in [0.15, 0.2) is 11.2 Å². The van der Waals surface area contributed by atoms with Gasteiger partial charge in [-0.3, -0.25) is 9.59 Å². The van der Waals surface area contributed by atoms with E-state index in [1.807, 2.05) is 0 Å². The fourth-order valence-corrected chi connectivity index (χ4v) is 2.70. The van der Waals surface area contributed by atoms with Gasteiger partial charge in [-0.15, -0.1) is 0 Å². The Kier molecular flexibility index (Phi) is 6.06. The number of amides is 1. The second-order valence-electron chi connectivity index (χ2n) is 6.23. The van der Waals surface area contributed by atoms with Gasteiger partial charge in [-0.05, 0) is 48.9 Å². The molecule has 28 heavy (non-hydrogen) atoms. The fourth-order valence-electron chi connectivity index (χ4n) is 2.60. The third-order valence-corrected chi connectivity index (χ3v) is 4.31. The molecular formula is C21H20N2O4S. The third-order valence-electron chi connectivity index (χ3n) is 4.11. The lowest BCUT2D eigenvalue weighted by Gasteiger charge is -2.08. The van der Waals surface area contributed by atoms with Crippen molar-refractivity contribution in [3.05, 3.63) is 70.1 Å². The number of nitrogens with two attached hydrogens (primary N) is 1. The summed E-state index contributed by atoms with van der Waals surface area (Å²) in [5, 5.41) is 3.11. The lowest BCUT2D eigenvalue weighted by molar-refractivity contribution is 0.102. The Hall–Kier alpha value is -3.19. The first-order valence-corrected chi connectivity index (χ1v) is 9.30. The zero-order chi connectivity index (χ0) is 20.1. The van der Waals surface area contributed by atoms with E-state index >= 15 is 0 Å². The molecule has 7 heteroatoms. The Bertz CT molecular complexity index is 1070. The number of fused-ring (bicyclic) bond motifs is 1. The number of benzene rings is 2. The summed E-state index contributed by atoms with van der Waals surface area (Å²) in [6, 6.07) is 13.0. The largest absolute Gasteiger partial charge is 0.494 e. The van der Waals surface area contributed by atoms with Gasteiger partial charge in [0.05, 0.1) is 12.0 Å². The molecule has 0 fully saturated rings. The third kappa shape index (κ3) is 4.55. The van der Waals surface area contributed by atoms with Gasteiger partial charge in [0, 0.05) is 17.3 Å². The van der Waals surface area contributed by atoms with Crippen LogP contribution in [-0.2, 0) is 0 Å². The van der Waals surface area contributed by atoms with Crippen molar-refractivity contribution in [2.45, 2.75) is 19.8 Å². The zero-order valence-corrected chi connectivity index (χ0v) is 16.2. The lowest BCUT2D eigenvalue weighted by Crippen LogP contribution is -2.14. The topological polar surface area (TPSA) is 94.6 Å². The molecule has 2 aromatic carbocycles. The summed E-state index contributed by atoms with van der Waals surface area (Å²) in [6.45, 7) is 2.75. The number of rotatable bonds is 7. The average Bonchev–Trinajstić information content (AvgIpc) is 2.69. The van der Waals surface area contributed by atoms with Crippen LogP contribution < -0.4 is 21.2 Å². The molecule has 1 heterocycles. The van der Waals surface area contributed by atoms with Crippen molar-refractivity contribution >= 4 is 39.8 Å². The summed E-state index contributed by atoms with van der Waals surface area (Å²) >= 11 is 4.84. The van der Waals surface area contributed by atoms with E-state index in [1.165, 1.54) is 6.07 Å². The molecule has 3 N–H and O–H groups in total. The highest BCUT2D eigenvalue weighted by Crippen LogP contribution is 2.19. The number of unbranched alkanes of at least 4 members (excludes halogenated alkanes) is 1. The number of ether oxygens (including phenoxy) is 1. The number of carbonyl (C=O) groups excluding carboxylic acids is 1. The van der Waals surface area contributed by atoms with Crippen molar-refractivity contribution < 1.29 is 13.9 Å². The van der Waals surface area contributed by atoms with Gasteiger partial charge < -0.3 is 20.2 Å². The molecule has 0 spiro atoms. The number of thiocarbonyl (C=S) groups is 1. The van der Waals surface area contributed by atoms with Crippen molar-refractivity contribution in [3.8, 4) is 5.75 Å². The Morgan fingerprint density at radius 2 is 1.93 bits per heavy atom. The monoisotopic (exact) mass is 396 g/mol. The molecule has 6 nitrogen and oxygen atoms in total. The fraction of sp³-hybridized carbons (Fsp3) is 0.190. The first-order chi connectivity index (χ1) is 13.5. The van der Waals surface area contributed by atoms with Gasteiger partial charge in [0.1, 0.15) is 16.3 Å². The Balaban J connectivity index is 1.75. The van der Waals surface area contributed by atoms with Crippen LogP contribution in [-0.4, -0.2) is 17.5 Å². The minimum Gasteiger partial charge on any atom is -0.494 e. The standard InChI is InChI=1S/C21H20N2O4S/c1-2-3-10-26-15-7-4-13(5-8-15)21(25)23-14-6-9-18-16(11-14)17(24)12-19(27-18)20(22)28/h4-9,11-12H,2-3,10H2,1H3,(H2,22,28)(H,23,25). The van der Waals surface area contributed by atoms with Crippen LogP contribution in [0.15, 0.2) is 57.7 Å². The van der Waals surface area contributed by atoms with E-state index in [-0.39, 0.29) is 22.1 Å². The van der Waals surface area contributed by atoms with E-state index in [4.69, 9.17) is 27.1 Å². The van der Waals surface area contributed by atoms with Crippen molar-refractivity contribution in [1.82, 2.24) is 0 Å². The number of nitrogens with one attached hydrogen (secondary N) is 1. The van der Waals surface area contributed by atoms with Crippen molar-refractivity contribution in [2.24, 2.45) is 5.73 Å². The van der Waals surface area contributed by atoms with Crippen molar-refractivity contribution in [3.63, 3.8) is 0 Å². The second-order valence-corrected chi connectivity index (χ2v) is 6.67. The van der Waals surface area contributed by atoms with Gasteiger partial charge in [-0.25, -0.2) is 0 Å². The summed E-state index contributed by atoms with van der Waals surface area (Å²) < 4.78 is 11.1. The predicted molar refractivity (Wildman–Crippen MR) is 113 cm³/mol. The van der Waals surface area contributed by atoms with Gasteiger partial charge in [0.25, 0.3) is 5.91 Å². The molecule has 0 aliphatic heterocycles. The van der Waals surface area contributed by atoms with Crippen molar-refractivity contribution in [1.29, 1.82) is 0 Å². The van der Waals surface area contributed by atoms with Crippen LogP contribution in [0.5, 0.6) is 5.75 Å². The highest BCUT2D eigenvalue weighted by molar-refractivity contribution is 7.80. The molecular weight excluding hydrogens is 376 g/mol. The normalized spacial score (nSPS) is 10.6. The second kappa shape index (κ2) is 8.67. The van der Waals surface area contributed by atoms with Gasteiger partial charge in [0.2, 0.25) is 0 Å². The number of anilines is 1. The van der Waals surface area contributed by atoms with E-state index in [0.29, 0.717) is 28.8 Å². The Morgan fingerprint density at radius 1 is 1.18 bits per heavy atom. The molecule has 3 rings (SSSR count). The van der Waals surface area contributed by atoms with Crippen LogP contribution in [0.1, 0.15) is 35.9 Å². The molecule has 0 saturated heterocycles. The van der Waals surface area contributed by atoms with Crippen LogP contribution in [0.25, 0.3) is 11.0 Å². The molecule has 0 atom stereocenters. The quantitative estimate of drug-likeness (QED) is 0.465. The van der Waals surface area contributed by atoms with E-state index in [1.54, 1.807) is 42.5 Å². The number of carbonyl (C=O) groups is 1. The van der Waals surface area contributed by atoms with Crippen LogP contribution in [0.4, 0.5) is 5.69 Å². The minimum atomic E-state index is -0.288. The van der Waals surface area contributed by atoms with Gasteiger partial charge in [-0.2, -0.15) is 0 Å². The molecule has 0 unspecified atom stereocenters. The smallest absolute Gasteiger partial charge is 0.255 e. The highest BCUT2D eigenvalue weighted by Gasteiger charge is 2.10. The van der Waals surface area contributed by atoms with Gasteiger partial charge >= 0.3 is 0 Å². The van der Waals surface area contributed by atoms with Crippen LogP contribution in [0.3, 0.4) is 0 Å². The zero-order valence-electron chi connectivity index (χ0n) is 15.4. The van der Waals surface area contributed by atoms with E-state index in [9.17, 15) is 9.59 Å². The van der Waals surface area contributed by atoms with Crippen LogP contribution in [0.2, 0.25) is 0 Å². The summed E-state index contributed by atoms with van der Waals surface area (Å²) in [5.41, 5.74) is 6.54. The van der Waals surface area contributed by atoms with E-state index < -0.39 is 0 Å². The Morgan fingerprint density at radius 3 is 2.61 bits per heavy atom. The lowest BCUT2D eigenvalue weighted by atomic mass is 10.1. The van der Waals surface area contributed by atoms with E-state index in [0.717, 1.165) is 18.6 Å². The Labute approximate surface area is 167 Å². The minimum absolute atomic E-state index is 0.0125. The maximum Gasteiger partial charge on any atom is 0.255 e. The molecule has 0 radical (unpaired) electrons. The molecule has 0 aliphatic rings. The molecule has 0 bridgehead atoms. The molecule has 0 saturated carbocycles. The van der Waals surface area contributed by atoms with Crippen LogP contribution in [0, 0.1) is 0 Å². The highest BCUT2D eigenvalue weighted by atomic mass is 32.1. The molecule has 0 aliphatic carbocycles. The number of hydrogen-bond acceptors (Lipinski definition) is 5. The van der Waals surface area contributed by atoms with Gasteiger partial charge in [-0.1, -0.05) is 25.6 Å². The summed E-state index contributed by atoms with van der Waals surface area (Å²) in [6.07, 6.45) is 2.04. The number of hydrogen-bond donors (Lipinski definition) is 2. The molecule has 144 valence electrons. The van der Waals surface area contributed by atoms with Crippen LogP contribution >= 0.6 is 12.2 Å². The molecule has 1 aromatic heterocycles. The first-order valence-electron chi connectivity index (χ1n) is 8.90. The van der Waals surface area contributed by atoms with E-state index in [2.05, 4.69) is 12.2 Å². The summed E-state index contributed by atoms with van der Waals surface area (Å²) in [4.78, 5) is 24.7. The maximum absolute atomic E-state index is 12.5. The predicted octanol–water partition coefficient (Wildman–Crippen LogP) is 3.86. The maximum atomic E-state index is 12.5.